The molecule has 1 aliphatic carbocycles. The molecule has 2 heterocycles. The van der Waals surface area contributed by atoms with Gasteiger partial charge in [0.15, 0.2) is 5.82 Å². The van der Waals surface area contributed by atoms with Crippen LogP contribution in [0.5, 0.6) is 5.75 Å². The summed E-state index contributed by atoms with van der Waals surface area (Å²) in [7, 11) is 0. The summed E-state index contributed by atoms with van der Waals surface area (Å²) in [5.41, 5.74) is 2.63. The summed E-state index contributed by atoms with van der Waals surface area (Å²) >= 11 is 0. The van der Waals surface area contributed by atoms with Crippen LogP contribution in [0.25, 0.3) is 22.3 Å². The molecule has 0 bridgehead atoms. The number of carbonyl (C=O) groups is 1. The van der Waals surface area contributed by atoms with Gasteiger partial charge in [0.1, 0.15) is 11.6 Å². The summed E-state index contributed by atoms with van der Waals surface area (Å²) in [6, 6.07) is 13.4. The highest BCUT2D eigenvalue weighted by atomic mass is 16.3. The number of phenolic OH excluding ortho intramolecular Hbond substituents is 1. The zero-order valence-corrected chi connectivity index (χ0v) is 19.3. The van der Waals surface area contributed by atoms with Crippen molar-refractivity contribution in [2.24, 2.45) is 5.92 Å². The number of fused-ring (bicyclic) bond motifs is 1. The number of nitrogens with zero attached hydrogens (tertiary/aromatic N) is 4. The molecule has 3 aromatic rings. The fourth-order valence-electron chi connectivity index (χ4n) is 5.20. The van der Waals surface area contributed by atoms with Crippen molar-refractivity contribution in [3.8, 4) is 17.1 Å². The number of anilines is 1. The lowest BCUT2D eigenvalue weighted by molar-refractivity contribution is -0.131. The van der Waals surface area contributed by atoms with Crippen molar-refractivity contribution in [1.82, 2.24) is 14.9 Å². The number of hydrogen-bond donors (Lipinski definition) is 1. The van der Waals surface area contributed by atoms with Gasteiger partial charge in [0.2, 0.25) is 5.91 Å². The highest BCUT2D eigenvalue weighted by Gasteiger charge is 2.25. The molecule has 1 aromatic heterocycles. The Balaban J connectivity index is 1.36. The van der Waals surface area contributed by atoms with E-state index in [1.807, 2.05) is 17.0 Å². The summed E-state index contributed by atoms with van der Waals surface area (Å²) in [6.07, 6.45) is 6.96. The van der Waals surface area contributed by atoms with Crippen LogP contribution in [0, 0.1) is 12.8 Å². The molecule has 1 saturated carbocycles. The van der Waals surface area contributed by atoms with Crippen molar-refractivity contribution < 1.29 is 9.90 Å². The minimum Gasteiger partial charge on any atom is -0.507 e. The first-order valence-electron chi connectivity index (χ1n) is 12.2. The standard InChI is InChI=1S/C27H32N4O2/c1-19-10-12-21-23(18-19)28-26(22-8-4-5-9-24(22)32)29-27(21)31-16-14-30(15-17-31)25(33)13-11-20-6-2-3-7-20/h4-5,8-10,12,18,20,32H,2-3,6-7,11,13-17H2,1H3. The molecule has 0 atom stereocenters. The number of carbonyl (C=O) groups excluding carboxylic acids is 1. The Morgan fingerprint density at radius 3 is 2.55 bits per heavy atom. The maximum Gasteiger partial charge on any atom is 0.222 e. The van der Waals surface area contributed by atoms with Crippen LogP contribution in [0.4, 0.5) is 5.82 Å². The Morgan fingerprint density at radius 1 is 1.03 bits per heavy atom. The average molecular weight is 445 g/mol. The van der Waals surface area contributed by atoms with E-state index in [1.54, 1.807) is 12.1 Å². The van der Waals surface area contributed by atoms with Crippen LogP contribution in [0.2, 0.25) is 0 Å². The minimum absolute atomic E-state index is 0.174. The molecular formula is C27H32N4O2. The van der Waals surface area contributed by atoms with Gasteiger partial charge in [-0.1, -0.05) is 43.9 Å². The first-order chi connectivity index (χ1) is 16.1. The van der Waals surface area contributed by atoms with E-state index in [0.29, 0.717) is 36.8 Å². The molecule has 6 heteroatoms. The monoisotopic (exact) mass is 444 g/mol. The molecule has 1 amide bonds. The number of hydrogen-bond acceptors (Lipinski definition) is 5. The molecule has 5 rings (SSSR count). The SMILES string of the molecule is Cc1ccc2c(N3CCN(C(=O)CCC4CCCC4)CC3)nc(-c3ccccc3O)nc2c1. The van der Waals surface area contributed by atoms with Crippen molar-refractivity contribution in [3.05, 3.63) is 48.0 Å². The van der Waals surface area contributed by atoms with Crippen molar-refractivity contribution in [1.29, 1.82) is 0 Å². The van der Waals surface area contributed by atoms with Crippen LogP contribution in [0.1, 0.15) is 44.1 Å². The summed E-state index contributed by atoms with van der Waals surface area (Å²) < 4.78 is 0. The van der Waals surface area contributed by atoms with E-state index in [-0.39, 0.29) is 5.75 Å². The van der Waals surface area contributed by atoms with Gasteiger partial charge in [-0.15, -0.1) is 0 Å². The Hall–Kier alpha value is -3.15. The molecule has 2 aromatic carbocycles. The van der Waals surface area contributed by atoms with E-state index in [2.05, 4.69) is 30.0 Å². The van der Waals surface area contributed by atoms with Gasteiger partial charge in [0.25, 0.3) is 0 Å². The van der Waals surface area contributed by atoms with Gasteiger partial charge in [0, 0.05) is 38.0 Å². The normalized spacial score (nSPS) is 17.1. The summed E-state index contributed by atoms with van der Waals surface area (Å²) in [6.45, 7) is 4.97. The summed E-state index contributed by atoms with van der Waals surface area (Å²) in [5.74, 6) is 2.61. The molecule has 172 valence electrons. The first kappa shape index (κ1) is 21.7. The lowest BCUT2D eigenvalue weighted by Crippen LogP contribution is -2.49. The van der Waals surface area contributed by atoms with Crippen molar-refractivity contribution in [2.45, 2.75) is 45.4 Å². The van der Waals surface area contributed by atoms with E-state index in [0.717, 1.165) is 47.7 Å². The van der Waals surface area contributed by atoms with Crippen LogP contribution in [0.3, 0.4) is 0 Å². The van der Waals surface area contributed by atoms with Crippen molar-refractivity contribution >= 4 is 22.6 Å². The molecule has 1 saturated heterocycles. The van der Waals surface area contributed by atoms with Gasteiger partial charge in [0.05, 0.1) is 11.1 Å². The average Bonchev–Trinajstić information content (AvgIpc) is 3.36. The Kier molecular flexibility index (Phi) is 6.16. The second-order valence-corrected chi connectivity index (χ2v) is 9.47. The number of aromatic nitrogens is 2. The molecule has 6 nitrogen and oxygen atoms in total. The van der Waals surface area contributed by atoms with Gasteiger partial charge < -0.3 is 14.9 Å². The van der Waals surface area contributed by atoms with E-state index in [1.165, 1.54) is 25.7 Å². The highest BCUT2D eigenvalue weighted by Crippen LogP contribution is 2.33. The van der Waals surface area contributed by atoms with Crippen LogP contribution in [0.15, 0.2) is 42.5 Å². The topological polar surface area (TPSA) is 69.6 Å². The molecule has 2 aliphatic rings. The van der Waals surface area contributed by atoms with Crippen LogP contribution < -0.4 is 4.90 Å². The van der Waals surface area contributed by atoms with Crippen molar-refractivity contribution in [2.75, 3.05) is 31.1 Å². The van der Waals surface area contributed by atoms with E-state index < -0.39 is 0 Å². The number of benzene rings is 2. The second-order valence-electron chi connectivity index (χ2n) is 9.47. The maximum absolute atomic E-state index is 12.8. The number of piperazine rings is 1. The summed E-state index contributed by atoms with van der Waals surface area (Å²) in [4.78, 5) is 26.7. The van der Waals surface area contributed by atoms with E-state index in [4.69, 9.17) is 9.97 Å². The van der Waals surface area contributed by atoms with Crippen molar-refractivity contribution in [3.63, 3.8) is 0 Å². The molecule has 0 unspecified atom stereocenters. The molecule has 0 radical (unpaired) electrons. The maximum atomic E-state index is 12.8. The van der Waals surface area contributed by atoms with Crippen LogP contribution in [-0.4, -0.2) is 52.1 Å². The van der Waals surface area contributed by atoms with Crippen LogP contribution >= 0.6 is 0 Å². The number of rotatable bonds is 5. The number of para-hydroxylation sites is 1. The number of amides is 1. The number of aromatic hydroxyl groups is 1. The number of phenols is 1. The molecule has 0 spiro atoms. The van der Waals surface area contributed by atoms with E-state index in [9.17, 15) is 9.90 Å². The fraction of sp³-hybridized carbons (Fsp3) is 0.444. The van der Waals surface area contributed by atoms with Gasteiger partial charge in [-0.3, -0.25) is 4.79 Å². The Labute approximate surface area is 195 Å². The fourth-order valence-corrected chi connectivity index (χ4v) is 5.20. The zero-order chi connectivity index (χ0) is 22.8. The third-order valence-corrected chi connectivity index (χ3v) is 7.15. The lowest BCUT2D eigenvalue weighted by Gasteiger charge is -2.36. The zero-order valence-electron chi connectivity index (χ0n) is 19.3. The van der Waals surface area contributed by atoms with E-state index >= 15 is 0 Å². The minimum atomic E-state index is 0.174. The Morgan fingerprint density at radius 2 is 1.79 bits per heavy atom. The molecule has 33 heavy (non-hydrogen) atoms. The second kappa shape index (κ2) is 9.38. The highest BCUT2D eigenvalue weighted by molar-refractivity contribution is 5.92. The van der Waals surface area contributed by atoms with Crippen LogP contribution in [-0.2, 0) is 4.79 Å². The smallest absolute Gasteiger partial charge is 0.222 e. The largest absolute Gasteiger partial charge is 0.507 e. The van der Waals surface area contributed by atoms with Gasteiger partial charge >= 0.3 is 0 Å². The number of aryl methyl sites for hydroxylation is 1. The molecule has 1 aliphatic heterocycles. The summed E-state index contributed by atoms with van der Waals surface area (Å²) in [5, 5.41) is 11.4. The molecular weight excluding hydrogens is 412 g/mol. The van der Waals surface area contributed by atoms with Gasteiger partial charge in [-0.25, -0.2) is 9.97 Å². The molecule has 2 fully saturated rings. The lowest BCUT2D eigenvalue weighted by atomic mass is 10.0. The Bertz CT molecular complexity index is 1150. The predicted molar refractivity (Wildman–Crippen MR) is 131 cm³/mol. The van der Waals surface area contributed by atoms with Gasteiger partial charge in [-0.2, -0.15) is 0 Å². The first-order valence-corrected chi connectivity index (χ1v) is 12.2. The molecule has 1 N–H and O–H groups in total. The third-order valence-electron chi connectivity index (χ3n) is 7.15. The predicted octanol–water partition coefficient (Wildman–Crippen LogP) is 4.93. The third kappa shape index (κ3) is 4.65. The van der Waals surface area contributed by atoms with Gasteiger partial charge in [-0.05, 0) is 49.1 Å². The quantitative estimate of drug-likeness (QED) is 0.604.